The molecule has 8 unspecified atom stereocenters. The molecule has 0 radical (unpaired) electrons. The zero-order valence-corrected chi connectivity index (χ0v) is 44.5. The molecule has 0 bridgehead atoms. The molecule has 0 saturated carbocycles. The Hall–Kier alpha value is -4.20. The second-order valence-corrected chi connectivity index (χ2v) is 18.3. The topological polar surface area (TPSA) is 175 Å². The van der Waals surface area contributed by atoms with E-state index >= 15 is 0 Å². The molecule has 406 valence electrons. The van der Waals surface area contributed by atoms with Crippen molar-refractivity contribution in [2.45, 2.75) is 224 Å². The molecule has 0 spiro atoms. The van der Waals surface area contributed by atoms with Crippen LogP contribution < -0.4 is 5.32 Å². The third-order valence-corrected chi connectivity index (χ3v) is 11.9. The van der Waals surface area contributed by atoms with Gasteiger partial charge in [-0.15, -0.1) is 0 Å². The smallest absolute Gasteiger partial charge is 0.306 e. The molecule has 11 nitrogen and oxygen atoms in total. The fourth-order valence-corrected chi connectivity index (χ4v) is 7.59. The van der Waals surface area contributed by atoms with Crippen LogP contribution in [0.15, 0.2) is 134 Å². The van der Waals surface area contributed by atoms with Crippen LogP contribution in [-0.2, 0) is 23.8 Å². The summed E-state index contributed by atoms with van der Waals surface area (Å²) in [5, 5.41) is 56.6. The first-order chi connectivity index (χ1) is 35.2. The molecular weight excluding hydrogens is 907 g/mol. The average Bonchev–Trinajstić information content (AvgIpc) is 3.38. The average molecular weight is 1000 g/mol. The van der Waals surface area contributed by atoms with Crippen LogP contribution >= 0.6 is 0 Å². The number of ether oxygens (including phenoxy) is 3. The Morgan fingerprint density at radius 2 is 1.07 bits per heavy atom. The van der Waals surface area contributed by atoms with Gasteiger partial charge in [0.2, 0.25) is 5.91 Å². The summed E-state index contributed by atoms with van der Waals surface area (Å²) in [7, 11) is 0. The van der Waals surface area contributed by atoms with E-state index in [9.17, 15) is 35.1 Å². The van der Waals surface area contributed by atoms with Gasteiger partial charge >= 0.3 is 5.97 Å². The molecule has 0 aromatic rings. The van der Waals surface area contributed by atoms with Crippen LogP contribution in [0.4, 0.5) is 0 Å². The van der Waals surface area contributed by atoms with E-state index in [4.69, 9.17) is 14.2 Å². The predicted molar refractivity (Wildman–Crippen MR) is 296 cm³/mol. The van der Waals surface area contributed by atoms with Crippen LogP contribution in [0.25, 0.3) is 0 Å². The van der Waals surface area contributed by atoms with Crippen LogP contribution in [0.5, 0.6) is 0 Å². The van der Waals surface area contributed by atoms with Gasteiger partial charge in [-0.3, -0.25) is 9.59 Å². The highest BCUT2D eigenvalue weighted by Crippen LogP contribution is 2.26. The van der Waals surface area contributed by atoms with E-state index in [1.165, 1.54) is 44.9 Å². The monoisotopic (exact) mass is 1000 g/mol. The highest BCUT2D eigenvalue weighted by molar-refractivity contribution is 5.80. The molecule has 1 fully saturated rings. The molecule has 6 N–H and O–H groups in total. The molecule has 1 amide bonds. The lowest BCUT2D eigenvalue weighted by Gasteiger charge is -2.41. The van der Waals surface area contributed by atoms with Gasteiger partial charge in [0.15, 0.2) is 12.4 Å². The Labute approximate surface area is 435 Å². The molecule has 8 atom stereocenters. The van der Waals surface area contributed by atoms with Crippen molar-refractivity contribution in [3.8, 4) is 0 Å². The number of carbonyl (C=O) groups is 2. The number of aliphatic hydroxyl groups excluding tert-OH is 5. The third-order valence-electron chi connectivity index (χ3n) is 11.9. The maximum Gasteiger partial charge on any atom is 0.306 e. The lowest BCUT2D eigenvalue weighted by molar-refractivity contribution is -0.305. The number of unbranched alkanes of at least 4 members (excludes halogenated alkanes) is 13. The summed E-state index contributed by atoms with van der Waals surface area (Å²) in [6.07, 6.45) is 56.6. The summed E-state index contributed by atoms with van der Waals surface area (Å²) in [6, 6.07) is -1.08. The number of amides is 1. The minimum absolute atomic E-state index is 0.0670. The molecule has 1 heterocycles. The number of allylic oxidation sites excluding steroid dienone is 21. The van der Waals surface area contributed by atoms with Crippen molar-refractivity contribution in [3.63, 3.8) is 0 Å². The summed E-state index contributed by atoms with van der Waals surface area (Å²) < 4.78 is 17.5. The number of esters is 1. The summed E-state index contributed by atoms with van der Waals surface area (Å²) in [6.45, 7) is 5.41. The molecule has 0 aromatic heterocycles. The van der Waals surface area contributed by atoms with E-state index in [0.717, 1.165) is 83.5 Å². The first kappa shape index (κ1) is 65.8. The minimum Gasteiger partial charge on any atom is -0.454 e. The molecule has 1 saturated heterocycles. The summed E-state index contributed by atoms with van der Waals surface area (Å²) in [5.74, 6) is -1.32. The van der Waals surface area contributed by atoms with Crippen molar-refractivity contribution in [3.05, 3.63) is 134 Å². The Morgan fingerprint density at radius 3 is 1.64 bits per heavy atom. The molecule has 1 aliphatic rings. The van der Waals surface area contributed by atoms with Gasteiger partial charge in [-0.1, -0.05) is 219 Å². The zero-order valence-electron chi connectivity index (χ0n) is 44.5. The van der Waals surface area contributed by atoms with Gasteiger partial charge < -0.3 is 45.1 Å². The maximum absolute atomic E-state index is 13.3. The van der Waals surface area contributed by atoms with E-state index in [2.05, 4.69) is 92.9 Å². The minimum atomic E-state index is -1.65. The molecular formula is C61H97NO10. The molecule has 1 rings (SSSR count). The Bertz CT molecular complexity index is 1670. The predicted octanol–water partition coefficient (Wildman–Crippen LogP) is 12.1. The van der Waals surface area contributed by atoms with Gasteiger partial charge in [0.1, 0.15) is 24.4 Å². The van der Waals surface area contributed by atoms with Crippen LogP contribution in [0.2, 0.25) is 0 Å². The summed E-state index contributed by atoms with van der Waals surface area (Å²) in [5.41, 5.74) is 0. The van der Waals surface area contributed by atoms with E-state index in [-0.39, 0.29) is 19.4 Å². The van der Waals surface area contributed by atoms with Crippen molar-refractivity contribution in [1.29, 1.82) is 0 Å². The maximum atomic E-state index is 13.3. The van der Waals surface area contributed by atoms with E-state index in [1.807, 2.05) is 60.8 Å². The van der Waals surface area contributed by atoms with Gasteiger partial charge in [0.25, 0.3) is 0 Å². The lowest BCUT2D eigenvalue weighted by atomic mass is 9.99. The molecule has 0 aromatic carbocycles. The van der Waals surface area contributed by atoms with Crippen molar-refractivity contribution in [2.24, 2.45) is 0 Å². The molecule has 11 heteroatoms. The van der Waals surface area contributed by atoms with Crippen LogP contribution in [0.1, 0.15) is 175 Å². The van der Waals surface area contributed by atoms with Crippen molar-refractivity contribution in [2.75, 3.05) is 13.2 Å². The molecule has 72 heavy (non-hydrogen) atoms. The summed E-state index contributed by atoms with van der Waals surface area (Å²) in [4.78, 5) is 26.4. The van der Waals surface area contributed by atoms with E-state index < -0.39 is 67.4 Å². The van der Waals surface area contributed by atoms with Crippen molar-refractivity contribution >= 4 is 11.9 Å². The van der Waals surface area contributed by atoms with Crippen LogP contribution in [-0.4, -0.2) is 99.6 Å². The van der Waals surface area contributed by atoms with Crippen molar-refractivity contribution in [1.82, 2.24) is 5.32 Å². The second-order valence-electron chi connectivity index (χ2n) is 18.3. The van der Waals surface area contributed by atoms with E-state index in [0.29, 0.717) is 12.8 Å². The normalized spacial score (nSPS) is 20.6. The van der Waals surface area contributed by atoms with Gasteiger partial charge in [-0.2, -0.15) is 0 Å². The number of carbonyl (C=O) groups excluding carboxylic acids is 2. The first-order valence-electron chi connectivity index (χ1n) is 27.5. The van der Waals surface area contributed by atoms with Crippen LogP contribution in [0, 0.1) is 0 Å². The van der Waals surface area contributed by atoms with E-state index in [1.54, 1.807) is 6.08 Å². The lowest BCUT2D eigenvalue weighted by Crippen LogP contribution is -2.61. The van der Waals surface area contributed by atoms with Gasteiger partial charge in [0.05, 0.1) is 25.4 Å². The zero-order chi connectivity index (χ0) is 52.5. The largest absolute Gasteiger partial charge is 0.454 e. The number of rotatable bonds is 43. The fourth-order valence-electron chi connectivity index (χ4n) is 7.59. The highest BCUT2D eigenvalue weighted by Gasteiger charge is 2.47. The Morgan fingerprint density at radius 1 is 0.569 bits per heavy atom. The fraction of sp³-hybridized carbons (Fsp3) is 0.607. The SMILES string of the molecule is CC/C=C\C/C=C\C/C=C\C/C=C\C/C=C\CCCCCC(=O)OC1C(OCC(NC(=O)C(O)CC/C=C/C=C\C=C/C=C/C=C/CC)C(O)/C=C/CCCCCCCCCCCC)OC(CO)C(O)C1O. The summed E-state index contributed by atoms with van der Waals surface area (Å²) >= 11 is 0. The number of hydrogen-bond acceptors (Lipinski definition) is 10. The highest BCUT2D eigenvalue weighted by atomic mass is 16.7. The Kier molecular flexibility index (Phi) is 43.7. The van der Waals surface area contributed by atoms with Crippen molar-refractivity contribution < 1.29 is 49.3 Å². The second kappa shape index (κ2) is 47.8. The third kappa shape index (κ3) is 35.8. The Balaban J connectivity index is 2.81. The first-order valence-corrected chi connectivity index (χ1v) is 27.5. The quantitative estimate of drug-likeness (QED) is 0.0149. The number of aliphatic hydroxyl groups is 5. The number of nitrogens with one attached hydrogen (secondary N) is 1. The van der Waals surface area contributed by atoms with Gasteiger partial charge in [-0.05, 0) is 83.5 Å². The molecule has 0 aliphatic carbocycles. The van der Waals surface area contributed by atoms with Crippen LogP contribution in [0.3, 0.4) is 0 Å². The van der Waals surface area contributed by atoms with Gasteiger partial charge in [-0.25, -0.2) is 0 Å². The van der Waals surface area contributed by atoms with Gasteiger partial charge in [0, 0.05) is 6.42 Å². The number of hydrogen-bond donors (Lipinski definition) is 6. The molecule has 1 aliphatic heterocycles. The standard InChI is InChI=1S/C61H97NO10/c1-4-7-10-13-16-19-22-25-26-27-28-29-30-31-34-37-40-43-46-49-56(66)72-59-58(68)57(67)55(50-63)71-61(59)70-51-52(53(64)47-44-41-38-35-32-23-20-17-14-11-8-5-2)62-60(69)54(65)48-45-42-39-36-33-24-21-18-15-12-9-6-3/h7,9-10,12,15-16,18-19,21,24-26,28-29,31,33-34,36,39,42,44,47,52-55,57-59,61,63-65,67-68H,4-6,8,11,13-14,17,20,22-23,27,30,32,35,37-38,40-41,43,45-46,48-51H2,1-3H3,(H,62,69)/b10-7-,12-9+,18-15+,19-16-,24-21-,26-25-,29-28-,34-31-,36-33-,42-39+,47-44+.